The number of hydrogen-bond donors (Lipinski definition) is 1. The van der Waals surface area contributed by atoms with Crippen molar-refractivity contribution in [3.63, 3.8) is 0 Å². The molecule has 0 unspecified atom stereocenters. The van der Waals surface area contributed by atoms with Crippen molar-refractivity contribution in [2.24, 2.45) is 5.92 Å². The molecule has 7 nitrogen and oxygen atoms in total. The smallest absolute Gasteiger partial charge is 0.251 e. The number of aromatic nitrogens is 2. The summed E-state index contributed by atoms with van der Waals surface area (Å²) in [7, 11) is 0. The van der Waals surface area contributed by atoms with Crippen LogP contribution in [0.15, 0.2) is 52.9 Å². The van der Waals surface area contributed by atoms with Crippen LogP contribution in [0.2, 0.25) is 0 Å². The van der Waals surface area contributed by atoms with E-state index in [1.54, 1.807) is 12.1 Å². The van der Waals surface area contributed by atoms with Crippen molar-refractivity contribution in [1.82, 2.24) is 20.4 Å². The molecule has 1 N–H and O–H groups in total. The van der Waals surface area contributed by atoms with Crippen LogP contribution in [0.3, 0.4) is 0 Å². The van der Waals surface area contributed by atoms with Crippen molar-refractivity contribution < 1.29 is 14.0 Å². The summed E-state index contributed by atoms with van der Waals surface area (Å²) in [6.45, 7) is 7.51. The van der Waals surface area contributed by atoms with Crippen LogP contribution in [0, 0.1) is 12.8 Å². The molecule has 3 aromatic rings. The Morgan fingerprint density at radius 2 is 1.65 bits per heavy atom. The molecular weight excluding hydrogens is 428 g/mol. The van der Waals surface area contributed by atoms with Crippen LogP contribution in [-0.4, -0.2) is 46.0 Å². The summed E-state index contributed by atoms with van der Waals surface area (Å²) >= 11 is 0. The van der Waals surface area contributed by atoms with Crippen LogP contribution in [0.4, 0.5) is 0 Å². The van der Waals surface area contributed by atoms with Gasteiger partial charge >= 0.3 is 0 Å². The Labute approximate surface area is 200 Å². The van der Waals surface area contributed by atoms with E-state index in [1.807, 2.05) is 48.2 Å². The van der Waals surface area contributed by atoms with Crippen LogP contribution >= 0.6 is 0 Å². The Hall–Kier alpha value is -3.48. The Morgan fingerprint density at radius 1 is 1.00 bits per heavy atom. The molecule has 34 heavy (non-hydrogen) atoms. The number of rotatable bonds is 7. The third-order valence-electron chi connectivity index (χ3n) is 6.67. The number of likely N-dealkylation sites (tertiary alicyclic amines) is 1. The molecule has 178 valence electrons. The van der Waals surface area contributed by atoms with Gasteiger partial charge in [0.2, 0.25) is 17.7 Å². The molecule has 1 fully saturated rings. The number of nitrogens with zero attached hydrogens (tertiary/aromatic N) is 3. The van der Waals surface area contributed by atoms with Gasteiger partial charge in [-0.05, 0) is 68.5 Å². The van der Waals surface area contributed by atoms with E-state index in [4.69, 9.17) is 4.42 Å². The van der Waals surface area contributed by atoms with Crippen LogP contribution in [0.5, 0.6) is 0 Å². The summed E-state index contributed by atoms with van der Waals surface area (Å²) in [6.07, 6.45) is 3.30. The molecule has 0 aliphatic carbocycles. The van der Waals surface area contributed by atoms with Crippen molar-refractivity contribution in [1.29, 1.82) is 0 Å². The van der Waals surface area contributed by atoms with Gasteiger partial charge < -0.3 is 14.6 Å². The quantitative estimate of drug-likeness (QED) is 0.543. The second-order valence-electron chi connectivity index (χ2n) is 8.89. The molecule has 0 spiro atoms. The lowest BCUT2D eigenvalue weighted by molar-refractivity contribution is -0.136. The highest BCUT2D eigenvalue weighted by molar-refractivity contribution is 5.94. The molecular formula is C27H32N4O3. The summed E-state index contributed by atoms with van der Waals surface area (Å²) in [4.78, 5) is 27.3. The molecule has 1 aliphatic rings. The normalized spacial score (nSPS) is 14.4. The van der Waals surface area contributed by atoms with Gasteiger partial charge in [0.1, 0.15) is 0 Å². The number of piperidine rings is 1. The van der Waals surface area contributed by atoms with Gasteiger partial charge in [0, 0.05) is 41.7 Å². The lowest BCUT2D eigenvalue weighted by Crippen LogP contribution is -2.48. The van der Waals surface area contributed by atoms with Crippen LogP contribution in [0.25, 0.3) is 22.9 Å². The lowest BCUT2D eigenvalue weighted by Gasteiger charge is -2.34. The van der Waals surface area contributed by atoms with Crippen molar-refractivity contribution >= 4 is 11.8 Å². The Kier molecular flexibility index (Phi) is 7.40. The lowest BCUT2D eigenvalue weighted by atomic mass is 9.98. The first kappa shape index (κ1) is 23.7. The van der Waals surface area contributed by atoms with Crippen LogP contribution < -0.4 is 5.32 Å². The van der Waals surface area contributed by atoms with Gasteiger partial charge in [-0.15, -0.1) is 10.2 Å². The van der Waals surface area contributed by atoms with E-state index in [1.165, 1.54) is 0 Å². The monoisotopic (exact) mass is 460 g/mol. The molecule has 0 saturated carbocycles. The van der Waals surface area contributed by atoms with Gasteiger partial charge in [0.15, 0.2) is 0 Å². The molecule has 1 aliphatic heterocycles. The molecule has 0 bridgehead atoms. The van der Waals surface area contributed by atoms with Crippen molar-refractivity contribution in [2.75, 3.05) is 13.1 Å². The molecule has 1 aromatic heterocycles. The maximum atomic E-state index is 12.8. The molecule has 0 radical (unpaired) electrons. The van der Waals surface area contributed by atoms with Gasteiger partial charge in [-0.2, -0.15) is 0 Å². The summed E-state index contributed by atoms with van der Waals surface area (Å²) < 4.78 is 5.87. The molecule has 1 saturated heterocycles. The number of carbonyl (C=O) groups excluding carboxylic acids is 2. The topological polar surface area (TPSA) is 88.3 Å². The third-order valence-corrected chi connectivity index (χ3v) is 6.67. The van der Waals surface area contributed by atoms with E-state index in [-0.39, 0.29) is 23.8 Å². The average Bonchev–Trinajstić information content (AvgIpc) is 3.35. The van der Waals surface area contributed by atoms with Crippen molar-refractivity contribution in [2.45, 2.75) is 52.5 Å². The van der Waals surface area contributed by atoms with E-state index in [9.17, 15) is 9.59 Å². The highest BCUT2D eigenvalue weighted by Gasteiger charge is 2.27. The average molecular weight is 461 g/mol. The van der Waals surface area contributed by atoms with E-state index < -0.39 is 0 Å². The maximum absolute atomic E-state index is 12.8. The zero-order valence-corrected chi connectivity index (χ0v) is 20.1. The molecule has 2 amide bonds. The third kappa shape index (κ3) is 5.19. The molecule has 7 heteroatoms. The van der Waals surface area contributed by atoms with E-state index in [2.05, 4.69) is 29.4 Å². The van der Waals surface area contributed by atoms with Gasteiger partial charge in [0.05, 0.1) is 0 Å². The van der Waals surface area contributed by atoms with E-state index in [0.717, 1.165) is 42.4 Å². The predicted octanol–water partition coefficient (Wildman–Crippen LogP) is 4.87. The second-order valence-corrected chi connectivity index (χ2v) is 8.89. The van der Waals surface area contributed by atoms with Crippen molar-refractivity contribution in [3.05, 3.63) is 59.7 Å². The van der Waals surface area contributed by atoms with E-state index >= 15 is 0 Å². The number of hydrogen-bond acceptors (Lipinski definition) is 5. The fourth-order valence-corrected chi connectivity index (χ4v) is 4.43. The maximum Gasteiger partial charge on any atom is 0.251 e. The Balaban J connectivity index is 1.34. The number of nitrogens with one attached hydrogen (secondary N) is 1. The summed E-state index contributed by atoms with van der Waals surface area (Å²) in [5, 5.41) is 11.5. The molecule has 4 rings (SSSR count). The zero-order valence-electron chi connectivity index (χ0n) is 20.1. The zero-order chi connectivity index (χ0) is 24.1. The van der Waals surface area contributed by atoms with Gasteiger partial charge in [-0.1, -0.05) is 32.0 Å². The second kappa shape index (κ2) is 10.6. The first-order chi connectivity index (χ1) is 16.5. The van der Waals surface area contributed by atoms with Crippen LogP contribution in [0.1, 0.15) is 55.5 Å². The fraction of sp³-hybridized carbons (Fsp3) is 0.407. The number of carbonyl (C=O) groups is 2. The highest BCUT2D eigenvalue weighted by atomic mass is 16.4. The number of benzene rings is 2. The van der Waals surface area contributed by atoms with Crippen molar-refractivity contribution in [3.8, 4) is 22.9 Å². The van der Waals surface area contributed by atoms with E-state index in [0.29, 0.717) is 30.4 Å². The molecule has 2 aromatic carbocycles. The largest absolute Gasteiger partial charge is 0.416 e. The first-order valence-electron chi connectivity index (χ1n) is 12.1. The standard InChI is InChI=1S/C27H32N4O3/c1-4-19(5-2)27(33)31-16-14-22(15-17-31)28-24(32)20-10-12-21(13-11-20)25-29-30-26(34-25)23-9-7-6-8-18(23)3/h6-13,19,22H,4-5,14-17H2,1-3H3,(H,28,32). The highest BCUT2D eigenvalue weighted by Crippen LogP contribution is 2.26. The molecule has 2 heterocycles. The minimum Gasteiger partial charge on any atom is -0.416 e. The van der Waals surface area contributed by atoms with Gasteiger partial charge in [-0.25, -0.2) is 0 Å². The predicted molar refractivity (Wildman–Crippen MR) is 131 cm³/mol. The van der Waals surface area contributed by atoms with Gasteiger partial charge in [0.25, 0.3) is 5.91 Å². The first-order valence-corrected chi connectivity index (χ1v) is 12.1. The molecule has 0 atom stereocenters. The fourth-order valence-electron chi connectivity index (χ4n) is 4.43. The summed E-state index contributed by atoms with van der Waals surface area (Å²) in [6, 6.07) is 15.1. The Bertz CT molecular complexity index is 1130. The summed E-state index contributed by atoms with van der Waals surface area (Å²) in [5.41, 5.74) is 3.32. The van der Waals surface area contributed by atoms with Gasteiger partial charge in [-0.3, -0.25) is 9.59 Å². The minimum atomic E-state index is -0.109. The Morgan fingerprint density at radius 3 is 2.29 bits per heavy atom. The minimum absolute atomic E-state index is 0.0746. The van der Waals surface area contributed by atoms with Crippen LogP contribution in [-0.2, 0) is 4.79 Å². The SMILES string of the molecule is CCC(CC)C(=O)N1CCC(NC(=O)c2ccc(-c3nnc(-c4ccccc4C)o3)cc2)CC1. The number of aryl methyl sites for hydroxylation is 1. The summed E-state index contributed by atoms with van der Waals surface area (Å²) in [5.74, 6) is 1.14. The number of amides is 2.